The van der Waals surface area contributed by atoms with Gasteiger partial charge >= 0.3 is 0 Å². The van der Waals surface area contributed by atoms with Gasteiger partial charge in [-0.25, -0.2) is 14.9 Å². The highest BCUT2D eigenvalue weighted by Crippen LogP contribution is 2.28. The van der Waals surface area contributed by atoms with Gasteiger partial charge in [-0.2, -0.15) is 5.48 Å². The number of hydrogen-bond donors (Lipinski definition) is 4. The predicted octanol–water partition coefficient (Wildman–Crippen LogP) is 3.19. The summed E-state index contributed by atoms with van der Waals surface area (Å²) in [5, 5.41) is 5.57. The van der Waals surface area contributed by atoms with Crippen molar-refractivity contribution in [2.45, 2.75) is 19.4 Å². The van der Waals surface area contributed by atoms with Gasteiger partial charge in [0.25, 0.3) is 5.91 Å². The van der Waals surface area contributed by atoms with E-state index in [0.717, 1.165) is 3.57 Å². The zero-order chi connectivity index (χ0) is 26.6. The van der Waals surface area contributed by atoms with Crippen LogP contribution in [-0.4, -0.2) is 48.1 Å². The van der Waals surface area contributed by atoms with E-state index in [1.165, 1.54) is 18.7 Å². The number of carbonyl (C=O) groups excluding carboxylic acids is 2. The molecule has 0 saturated heterocycles. The predicted molar refractivity (Wildman–Crippen MR) is 143 cm³/mol. The largest absolute Gasteiger partial charge is 0.499 e. The number of amides is 2. The van der Waals surface area contributed by atoms with Gasteiger partial charge in [-0.15, -0.1) is 0 Å². The second-order valence-electron chi connectivity index (χ2n) is 7.59. The fraction of sp³-hybridized carbons (Fsp3) is 0.292. The Morgan fingerprint density at radius 3 is 2.81 bits per heavy atom. The molecule has 4 N–H and O–H groups in total. The molecule has 0 aliphatic carbocycles. The van der Waals surface area contributed by atoms with E-state index in [9.17, 15) is 14.0 Å². The molecule has 0 aliphatic rings. The van der Waals surface area contributed by atoms with Crippen LogP contribution in [0.3, 0.4) is 0 Å². The lowest BCUT2D eigenvalue weighted by atomic mass is 10.1. The molecule has 0 aliphatic heterocycles. The monoisotopic (exact) mass is 626 g/mol. The summed E-state index contributed by atoms with van der Waals surface area (Å²) in [6.45, 7) is 4.30. The normalized spacial score (nSPS) is 10.8. The molecule has 0 bridgehead atoms. The van der Waals surface area contributed by atoms with Crippen LogP contribution in [0.5, 0.6) is 0 Å². The van der Waals surface area contributed by atoms with Crippen LogP contribution in [0.4, 0.5) is 15.9 Å². The summed E-state index contributed by atoms with van der Waals surface area (Å²) in [6, 6.07) is 6.37. The lowest BCUT2D eigenvalue weighted by molar-refractivity contribution is -0.121. The molecule has 0 saturated carbocycles. The fourth-order valence-electron chi connectivity index (χ4n) is 3.29. The van der Waals surface area contributed by atoms with Crippen molar-refractivity contribution in [1.29, 1.82) is 0 Å². The summed E-state index contributed by atoms with van der Waals surface area (Å²) >= 11 is 2.02. The number of imidazole rings is 1. The quantitative estimate of drug-likeness (QED) is 0.0878. The maximum Gasteiger partial charge on any atom is 0.278 e. The third-order valence-electron chi connectivity index (χ3n) is 5.09. The number of benzene rings is 1. The number of anilines is 2. The highest BCUT2D eigenvalue weighted by Gasteiger charge is 2.20. The molecular formula is C24H28FIN6O5. The van der Waals surface area contributed by atoms with Crippen LogP contribution < -0.4 is 21.6 Å². The van der Waals surface area contributed by atoms with E-state index in [4.69, 9.17) is 14.4 Å². The van der Waals surface area contributed by atoms with Crippen molar-refractivity contribution in [3.63, 3.8) is 0 Å². The number of carbonyl (C=O) groups is 2. The minimum absolute atomic E-state index is 0.0637. The fourth-order valence-corrected chi connectivity index (χ4v) is 3.75. The molecule has 0 unspecified atom stereocenters. The number of ether oxygens (including phenoxy) is 1. The Kier molecular flexibility index (Phi) is 11.1. The van der Waals surface area contributed by atoms with Crippen molar-refractivity contribution in [1.82, 2.24) is 25.7 Å². The van der Waals surface area contributed by atoms with E-state index in [2.05, 4.69) is 33.2 Å². The molecule has 3 rings (SSSR count). The standard InChI is InChI=1S/C24H28FIN6O5/c1-3-35-9-10-37-31-24(34)18-11-16(13-29-36-8-4-5-22(33)27-2)21-14-28-15-32(21)23(18)30-20-7-6-17(26)12-19(20)25/h3,6-7,11-12,14-15,29-30H,1,4-5,8-10,13H2,2H3,(H,27,33)(H,31,34). The van der Waals surface area contributed by atoms with Crippen LogP contribution >= 0.6 is 22.6 Å². The van der Waals surface area contributed by atoms with Crippen molar-refractivity contribution in [2.75, 3.05) is 32.2 Å². The summed E-state index contributed by atoms with van der Waals surface area (Å²) in [5.41, 5.74) is 6.97. The molecule has 11 nitrogen and oxygen atoms in total. The third kappa shape index (κ3) is 8.11. The molecule has 13 heteroatoms. The van der Waals surface area contributed by atoms with Crippen molar-refractivity contribution in [2.24, 2.45) is 0 Å². The molecule has 0 radical (unpaired) electrons. The first-order chi connectivity index (χ1) is 17.9. The van der Waals surface area contributed by atoms with Gasteiger partial charge < -0.3 is 20.2 Å². The minimum atomic E-state index is -0.560. The third-order valence-corrected chi connectivity index (χ3v) is 5.76. The average Bonchev–Trinajstić information content (AvgIpc) is 3.38. The summed E-state index contributed by atoms with van der Waals surface area (Å²) in [4.78, 5) is 39.3. The number of rotatable bonds is 15. The van der Waals surface area contributed by atoms with Gasteiger partial charge in [0.15, 0.2) is 0 Å². The first kappa shape index (κ1) is 28.3. The summed E-state index contributed by atoms with van der Waals surface area (Å²) < 4.78 is 22.0. The van der Waals surface area contributed by atoms with Gasteiger partial charge in [0.05, 0.1) is 35.8 Å². The van der Waals surface area contributed by atoms with Crippen LogP contribution in [-0.2, 0) is 25.8 Å². The molecule has 0 spiro atoms. The van der Waals surface area contributed by atoms with Crippen LogP contribution in [0, 0.1) is 9.39 Å². The number of hydrogen-bond acceptors (Lipinski definition) is 8. The number of pyridine rings is 1. The maximum absolute atomic E-state index is 14.6. The van der Waals surface area contributed by atoms with Crippen molar-refractivity contribution in [3.05, 3.63) is 70.1 Å². The Hall–Kier alpha value is -3.27. The van der Waals surface area contributed by atoms with Crippen molar-refractivity contribution < 1.29 is 28.4 Å². The van der Waals surface area contributed by atoms with Gasteiger partial charge in [-0.3, -0.25) is 18.8 Å². The summed E-state index contributed by atoms with van der Waals surface area (Å²) in [5.74, 6) is -0.798. The van der Waals surface area contributed by atoms with Gasteiger partial charge in [0.2, 0.25) is 5.91 Å². The summed E-state index contributed by atoms with van der Waals surface area (Å²) in [6.07, 6.45) is 5.31. The zero-order valence-electron chi connectivity index (χ0n) is 20.2. The number of fused-ring (bicyclic) bond motifs is 1. The smallest absolute Gasteiger partial charge is 0.278 e. The molecule has 37 heavy (non-hydrogen) atoms. The second-order valence-corrected chi connectivity index (χ2v) is 8.84. The number of nitrogens with zero attached hydrogens (tertiary/aromatic N) is 2. The average molecular weight is 626 g/mol. The molecule has 2 heterocycles. The molecular weight excluding hydrogens is 598 g/mol. The maximum atomic E-state index is 14.6. The number of nitrogens with one attached hydrogen (secondary N) is 4. The Labute approximate surface area is 226 Å². The van der Waals surface area contributed by atoms with Crippen LogP contribution in [0.15, 0.2) is 49.6 Å². The Morgan fingerprint density at radius 2 is 2.05 bits per heavy atom. The number of aromatic nitrogens is 2. The minimum Gasteiger partial charge on any atom is -0.499 e. The highest BCUT2D eigenvalue weighted by molar-refractivity contribution is 14.1. The van der Waals surface area contributed by atoms with Gasteiger partial charge in [0.1, 0.15) is 31.2 Å². The molecule has 2 aromatic heterocycles. The van der Waals surface area contributed by atoms with E-state index in [-0.39, 0.29) is 36.9 Å². The zero-order valence-corrected chi connectivity index (χ0v) is 22.3. The number of hydroxylamine groups is 2. The van der Waals surface area contributed by atoms with Crippen molar-refractivity contribution in [3.8, 4) is 0 Å². The topological polar surface area (TPSA) is 127 Å². The van der Waals surface area contributed by atoms with E-state index in [1.54, 1.807) is 35.8 Å². The summed E-state index contributed by atoms with van der Waals surface area (Å²) in [7, 11) is 1.58. The van der Waals surface area contributed by atoms with Crippen molar-refractivity contribution >= 4 is 51.4 Å². The lowest BCUT2D eigenvalue weighted by Gasteiger charge is -2.18. The SMILES string of the molecule is C=COCCONC(=O)c1cc(CNOCCCC(=O)NC)c2cncn2c1Nc1ccc(I)cc1F. The number of halogens is 2. The van der Waals surface area contributed by atoms with Gasteiger partial charge in [0, 0.05) is 23.6 Å². The molecule has 2 amide bonds. The molecule has 3 aromatic rings. The van der Waals surface area contributed by atoms with Gasteiger partial charge in [-0.1, -0.05) is 6.58 Å². The first-order valence-electron chi connectivity index (χ1n) is 11.3. The van der Waals surface area contributed by atoms with E-state index in [0.29, 0.717) is 36.3 Å². The van der Waals surface area contributed by atoms with Crippen LogP contribution in [0.2, 0.25) is 0 Å². The van der Waals surface area contributed by atoms with E-state index >= 15 is 0 Å². The molecule has 0 fully saturated rings. The Balaban J connectivity index is 1.83. The first-order valence-corrected chi connectivity index (χ1v) is 12.4. The highest BCUT2D eigenvalue weighted by atomic mass is 127. The molecule has 0 atom stereocenters. The Bertz CT molecular complexity index is 1240. The van der Waals surface area contributed by atoms with Crippen LogP contribution in [0.1, 0.15) is 28.8 Å². The van der Waals surface area contributed by atoms with E-state index in [1.807, 2.05) is 22.6 Å². The molecule has 1 aromatic carbocycles. The van der Waals surface area contributed by atoms with Gasteiger partial charge in [-0.05, 0) is 58.8 Å². The molecule has 198 valence electrons. The van der Waals surface area contributed by atoms with E-state index < -0.39 is 11.7 Å². The Morgan fingerprint density at radius 1 is 1.22 bits per heavy atom. The van der Waals surface area contributed by atoms with Crippen LogP contribution in [0.25, 0.3) is 5.52 Å². The lowest BCUT2D eigenvalue weighted by Crippen LogP contribution is -2.27. The second kappa shape index (κ2) is 14.5.